The van der Waals surface area contributed by atoms with Crippen LogP contribution in [0.3, 0.4) is 0 Å². The van der Waals surface area contributed by atoms with Crippen molar-refractivity contribution in [2.45, 2.75) is 141 Å². The molecular formula is C22H45KO4S. The molecule has 0 fully saturated rings. The van der Waals surface area contributed by atoms with Crippen molar-refractivity contribution in [2.24, 2.45) is 0 Å². The molecule has 6 heteroatoms. The third kappa shape index (κ3) is 22.2. The quantitative estimate of drug-likeness (QED) is 0.177. The SMILES string of the molecule is CCCCCCCCCCCCCCCC(CCCCC(C)O)S(=O)(=O)[O-].[K+]. The zero-order valence-corrected chi connectivity index (χ0v) is 22.9. The standard InChI is InChI=1S/C22H46O4S.K/c1-3-4-5-6-7-8-9-10-11-12-13-14-15-19-22(27(24,25)26)20-17-16-18-21(2)23;/h21-23H,3-20H2,1-2H3,(H,24,25,26);/q;+1/p-1. The summed E-state index contributed by atoms with van der Waals surface area (Å²) in [5.74, 6) is 0. The molecule has 0 spiro atoms. The fourth-order valence-corrected chi connectivity index (χ4v) is 4.55. The average molecular weight is 445 g/mol. The van der Waals surface area contributed by atoms with Crippen molar-refractivity contribution < 1.29 is 69.5 Å². The molecule has 0 heterocycles. The minimum atomic E-state index is -4.19. The van der Waals surface area contributed by atoms with Gasteiger partial charge in [-0.3, -0.25) is 0 Å². The second-order valence-electron chi connectivity index (χ2n) is 8.28. The van der Waals surface area contributed by atoms with E-state index >= 15 is 0 Å². The largest absolute Gasteiger partial charge is 1.00 e. The monoisotopic (exact) mass is 444 g/mol. The Morgan fingerprint density at radius 3 is 1.36 bits per heavy atom. The first-order valence-corrected chi connectivity index (χ1v) is 13.0. The maximum atomic E-state index is 11.4. The molecule has 0 aromatic rings. The van der Waals surface area contributed by atoms with E-state index in [1.807, 2.05) is 0 Å². The second kappa shape index (κ2) is 21.7. The van der Waals surface area contributed by atoms with E-state index in [1.165, 1.54) is 64.2 Å². The van der Waals surface area contributed by atoms with Gasteiger partial charge in [-0.1, -0.05) is 103 Å². The summed E-state index contributed by atoms with van der Waals surface area (Å²) in [7, 11) is -4.19. The first kappa shape index (κ1) is 31.7. The van der Waals surface area contributed by atoms with E-state index in [1.54, 1.807) is 6.92 Å². The van der Waals surface area contributed by atoms with Crippen LogP contribution < -0.4 is 51.4 Å². The summed E-state index contributed by atoms with van der Waals surface area (Å²) in [5.41, 5.74) is 0. The van der Waals surface area contributed by atoms with Crippen molar-refractivity contribution in [1.82, 2.24) is 0 Å². The van der Waals surface area contributed by atoms with Gasteiger partial charge in [-0.25, -0.2) is 8.42 Å². The number of hydrogen-bond donors (Lipinski definition) is 1. The van der Waals surface area contributed by atoms with Crippen LogP contribution >= 0.6 is 0 Å². The van der Waals surface area contributed by atoms with Gasteiger partial charge in [-0.15, -0.1) is 0 Å². The summed E-state index contributed by atoms with van der Waals surface area (Å²) in [6.07, 6.45) is 19.1. The van der Waals surface area contributed by atoms with Crippen molar-refractivity contribution in [3.05, 3.63) is 0 Å². The Morgan fingerprint density at radius 1 is 0.679 bits per heavy atom. The number of unbranched alkanes of at least 4 members (excludes halogenated alkanes) is 13. The van der Waals surface area contributed by atoms with Crippen LogP contribution in [0.1, 0.15) is 129 Å². The van der Waals surface area contributed by atoms with Gasteiger partial charge in [0, 0.05) is 5.25 Å². The smallest absolute Gasteiger partial charge is 0.748 e. The molecule has 164 valence electrons. The molecular weight excluding hydrogens is 399 g/mol. The zero-order valence-electron chi connectivity index (χ0n) is 19.0. The Morgan fingerprint density at radius 2 is 1.00 bits per heavy atom. The molecule has 28 heavy (non-hydrogen) atoms. The summed E-state index contributed by atoms with van der Waals surface area (Å²) in [6, 6.07) is 0. The molecule has 0 aliphatic heterocycles. The Kier molecular flexibility index (Phi) is 24.6. The summed E-state index contributed by atoms with van der Waals surface area (Å²) in [5, 5.41) is 8.50. The summed E-state index contributed by atoms with van der Waals surface area (Å²) < 4.78 is 34.2. The van der Waals surface area contributed by atoms with Gasteiger partial charge in [0.2, 0.25) is 0 Å². The molecule has 4 nitrogen and oxygen atoms in total. The van der Waals surface area contributed by atoms with Crippen LogP contribution in [0, 0.1) is 0 Å². The molecule has 0 rings (SSSR count). The van der Waals surface area contributed by atoms with Crippen LogP contribution in [0.25, 0.3) is 0 Å². The Hall–Kier alpha value is 1.51. The van der Waals surface area contributed by atoms with Crippen molar-refractivity contribution in [2.75, 3.05) is 0 Å². The van der Waals surface area contributed by atoms with Crippen LogP contribution in [0.4, 0.5) is 0 Å². The van der Waals surface area contributed by atoms with Crippen LogP contribution in [0.2, 0.25) is 0 Å². The third-order valence-corrected chi connectivity index (χ3v) is 6.72. The van der Waals surface area contributed by atoms with E-state index < -0.39 is 15.4 Å². The topological polar surface area (TPSA) is 77.4 Å². The van der Waals surface area contributed by atoms with E-state index in [9.17, 15) is 18.1 Å². The van der Waals surface area contributed by atoms with Gasteiger partial charge in [-0.05, 0) is 26.2 Å². The summed E-state index contributed by atoms with van der Waals surface area (Å²) >= 11 is 0. The van der Waals surface area contributed by atoms with Crippen LogP contribution in [0.5, 0.6) is 0 Å². The van der Waals surface area contributed by atoms with Crippen molar-refractivity contribution in [3.63, 3.8) is 0 Å². The maximum absolute atomic E-state index is 11.4. The third-order valence-electron chi connectivity index (χ3n) is 5.44. The van der Waals surface area contributed by atoms with E-state index in [2.05, 4.69) is 6.92 Å². The molecule has 0 saturated heterocycles. The minimum absolute atomic E-state index is 0. The van der Waals surface area contributed by atoms with Gasteiger partial charge in [0.1, 0.15) is 0 Å². The van der Waals surface area contributed by atoms with E-state index in [0.29, 0.717) is 25.7 Å². The molecule has 0 saturated carbocycles. The fraction of sp³-hybridized carbons (Fsp3) is 1.00. The fourth-order valence-electron chi connectivity index (χ4n) is 3.63. The Labute approximate surface area is 218 Å². The number of hydrogen-bond acceptors (Lipinski definition) is 4. The predicted octanol–water partition coefficient (Wildman–Crippen LogP) is 3.33. The predicted molar refractivity (Wildman–Crippen MR) is 114 cm³/mol. The molecule has 1 N–H and O–H groups in total. The van der Waals surface area contributed by atoms with Gasteiger partial charge < -0.3 is 9.66 Å². The van der Waals surface area contributed by atoms with Gasteiger partial charge in [0.05, 0.1) is 16.2 Å². The Bertz CT molecular complexity index is 413. The van der Waals surface area contributed by atoms with Gasteiger partial charge in [0.25, 0.3) is 0 Å². The summed E-state index contributed by atoms with van der Waals surface area (Å²) in [4.78, 5) is 0. The van der Waals surface area contributed by atoms with Crippen molar-refractivity contribution >= 4 is 10.1 Å². The number of aliphatic hydroxyl groups excluding tert-OH is 1. The summed E-state index contributed by atoms with van der Waals surface area (Å²) in [6.45, 7) is 3.98. The molecule has 0 radical (unpaired) electrons. The number of aliphatic hydroxyl groups is 1. The van der Waals surface area contributed by atoms with E-state index in [0.717, 1.165) is 25.7 Å². The molecule has 0 amide bonds. The number of rotatable bonds is 20. The average Bonchev–Trinajstić information content (AvgIpc) is 2.59. The molecule has 0 aromatic carbocycles. The second-order valence-corrected chi connectivity index (χ2v) is 9.93. The molecule has 0 bridgehead atoms. The van der Waals surface area contributed by atoms with Crippen molar-refractivity contribution in [1.29, 1.82) is 0 Å². The van der Waals surface area contributed by atoms with Crippen LogP contribution in [-0.4, -0.2) is 29.4 Å². The van der Waals surface area contributed by atoms with Gasteiger partial charge in [0.15, 0.2) is 0 Å². The zero-order chi connectivity index (χ0) is 20.4. The first-order valence-electron chi connectivity index (χ1n) is 11.5. The van der Waals surface area contributed by atoms with E-state index in [-0.39, 0.29) is 57.5 Å². The maximum Gasteiger partial charge on any atom is 1.00 e. The van der Waals surface area contributed by atoms with E-state index in [4.69, 9.17) is 0 Å². The molecule has 0 aliphatic carbocycles. The van der Waals surface area contributed by atoms with Gasteiger partial charge in [-0.2, -0.15) is 0 Å². The molecule has 0 aliphatic rings. The normalized spacial score (nSPS) is 13.9. The Balaban J connectivity index is 0. The van der Waals surface area contributed by atoms with Crippen molar-refractivity contribution in [3.8, 4) is 0 Å². The van der Waals surface area contributed by atoms with Gasteiger partial charge >= 0.3 is 51.4 Å². The molecule has 2 atom stereocenters. The minimum Gasteiger partial charge on any atom is -0.748 e. The molecule has 2 unspecified atom stereocenters. The first-order chi connectivity index (χ1) is 12.9. The molecule has 0 aromatic heterocycles. The van der Waals surface area contributed by atoms with Crippen LogP contribution in [0.15, 0.2) is 0 Å². The van der Waals surface area contributed by atoms with Crippen LogP contribution in [-0.2, 0) is 10.1 Å².